The fourth-order valence-corrected chi connectivity index (χ4v) is 1.46. The van der Waals surface area contributed by atoms with Crippen LogP contribution < -0.4 is 5.32 Å². The van der Waals surface area contributed by atoms with Gasteiger partial charge in [-0.25, -0.2) is 0 Å². The van der Waals surface area contributed by atoms with Crippen LogP contribution in [0.5, 0.6) is 0 Å². The number of carbonyl (C=O) groups excluding carboxylic acids is 1. The minimum absolute atomic E-state index is 0.0333. The molecule has 1 rings (SSSR count). The zero-order chi connectivity index (χ0) is 9.68. The third kappa shape index (κ3) is 4.09. The maximum absolute atomic E-state index is 11.4. The van der Waals surface area contributed by atoms with Gasteiger partial charge < -0.3 is 10.1 Å². The molecule has 1 aliphatic rings. The fraction of sp³-hybridized carbons (Fsp3) is 0.889. The Morgan fingerprint density at radius 3 is 3.00 bits per heavy atom. The van der Waals surface area contributed by atoms with Gasteiger partial charge in [0.1, 0.15) is 6.10 Å². The van der Waals surface area contributed by atoms with Gasteiger partial charge in [0.05, 0.1) is 0 Å². The summed E-state index contributed by atoms with van der Waals surface area (Å²) in [6.45, 7) is 3.39. The van der Waals surface area contributed by atoms with Crippen LogP contribution in [0, 0.1) is 0 Å². The second-order valence-corrected chi connectivity index (χ2v) is 4.94. The highest BCUT2D eigenvalue weighted by Crippen LogP contribution is 2.12. The third-order valence-corrected chi connectivity index (χ3v) is 2.35. The molecule has 1 heterocycles. The lowest BCUT2D eigenvalue weighted by molar-refractivity contribution is -0.135. The summed E-state index contributed by atoms with van der Waals surface area (Å²) in [4.78, 5) is 11.8. The molecule has 0 aromatic heterocycles. The summed E-state index contributed by atoms with van der Waals surface area (Å²) in [7, 11) is 0. The lowest BCUT2D eigenvalue weighted by Gasteiger charge is -2.21. The Morgan fingerprint density at radius 1 is 1.69 bits per heavy atom. The molecule has 2 atom stereocenters. The molecule has 1 fully saturated rings. The van der Waals surface area contributed by atoms with E-state index >= 15 is 0 Å². The van der Waals surface area contributed by atoms with E-state index in [-0.39, 0.29) is 12.0 Å². The Balaban J connectivity index is 2.21. The first-order chi connectivity index (χ1) is 6.20. The van der Waals surface area contributed by atoms with Crippen LogP contribution in [0.15, 0.2) is 0 Å². The number of nitrogens with one attached hydrogen (secondary N) is 1. The largest absolute Gasteiger partial charge is 0.368 e. The topological polar surface area (TPSA) is 38.3 Å². The van der Waals surface area contributed by atoms with Crippen molar-refractivity contribution in [2.45, 2.75) is 37.1 Å². The van der Waals surface area contributed by atoms with E-state index in [4.69, 9.17) is 4.74 Å². The molecule has 0 spiro atoms. The van der Waals surface area contributed by atoms with Gasteiger partial charge in [-0.2, -0.15) is 0 Å². The zero-order valence-corrected chi connectivity index (χ0v) is 9.47. The van der Waals surface area contributed by atoms with Crippen LogP contribution in [0.3, 0.4) is 0 Å². The number of carbonyl (C=O) groups is 1. The van der Waals surface area contributed by atoms with Gasteiger partial charge in [0, 0.05) is 18.0 Å². The van der Waals surface area contributed by atoms with Gasteiger partial charge in [0.15, 0.2) is 0 Å². The molecule has 0 radical (unpaired) electrons. The van der Waals surface area contributed by atoms with E-state index in [0.29, 0.717) is 11.4 Å². The SMILES string of the molecule is CC(Br)CNC(=O)C1CCCCO1. The molecule has 1 saturated heterocycles. The maximum atomic E-state index is 11.4. The Hall–Kier alpha value is -0.0900. The first kappa shape index (κ1) is 11.0. The predicted molar refractivity (Wildman–Crippen MR) is 55.0 cm³/mol. The molecule has 4 heteroatoms. The standard InChI is InChI=1S/C9H16BrNO2/c1-7(10)6-11-9(12)8-4-2-3-5-13-8/h7-8H,2-6H2,1H3,(H,11,12). The Labute approximate surface area is 87.3 Å². The first-order valence-electron chi connectivity index (χ1n) is 4.73. The molecule has 0 aliphatic carbocycles. The highest BCUT2D eigenvalue weighted by molar-refractivity contribution is 9.09. The molecule has 0 saturated carbocycles. The Kier molecular flexibility index (Phi) is 4.73. The molecule has 3 nitrogen and oxygen atoms in total. The number of ether oxygens (including phenoxy) is 1. The Bertz CT molecular complexity index is 167. The van der Waals surface area contributed by atoms with Crippen molar-refractivity contribution >= 4 is 21.8 Å². The molecule has 0 bridgehead atoms. The lowest BCUT2D eigenvalue weighted by Crippen LogP contribution is -2.40. The van der Waals surface area contributed by atoms with Crippen molar-refractivity contribution in [1.82, 2.24) is 5.32 Å². The van der Waals surface area contributed by atoms with Crippen LogP contribution >= 0.6 is 15.9 Å². The molecule has 76 valence electrons. The van der Waals surface area contributed by atoms with Crippen LogP contribution in [-0.4, -0.2) is 30.0 Å². The van der Waals surface area contributed by atoms with Gasteiger partial charge in [0.2, 0.25) is 5.91 Å². The minimum atomic E-state index is -0.208. The number of amides is 1. The summed E-state index contributed by atoms with van der Waals surface area (Å²) >= 11 is 3.37. The normalized spacial score (nSPS) is 25.2. The third-order valence-electron chi connectivity index (χ3n) is 2.03. The smallest absolute Gasteiger partial charge is 0.249 e. The van der Waals surface area contributed by atoms with E-state index in [1.54, 1.807) is 0 Å². The van der Waals surface area contributed by atoms with E-state index in [1.807, 2.05) is 6.92 Å². The molecule has 13 heavy (non-hydrogen) atoms. The van der Waals surface area contributed by atoms with E-state index in [1.165, 1.54) is 0 Å². The van der Waals surface area contributed by atoms with E-state index in [2.05, 4.69) is 21.2 Å². The summed E-state index contributed by atoms with van der Waals surface area (Å²) in [6, 6.07) is 0. The minimum Gasteiger partial charge on any atom is -0.368 e. The molecule has 1 aliphatic heterocycles. The van der Waals surface area contributed by atoms with Gasteiger partial charge >= 0.3 is 0 Å². The highest BCUT2D eigenvalue weighted by atomic mass is 79.9. The van der Waals surface area contributed by atoms with E-state index in [9.17, 15) is 4.79 Å². The van der Waals surface area contributed by atoms with Gasteiger partial charge in [0.25, 0.3) is 0 Å². The number of hydrogen-bond acceptors (Lipinski definition) is 2. The monoisotopic (exact) mass is 249 g/mol. The lowest BCUT2D eigenvalue weighted by atomic mass is 10.1. The van der Waals surface area contributed by atoms with Crippen LogP contribution in [0.1, 0.15) is 26.2 Å². The van der Waals surface area contributed by atoms with E-state index < -0.39 is 0 Å². The van der Waals surface area contributed by atoms with Crippen molar-refractivity contribution in [3.05, 3.63) is 0 Å². The number of hydrogen-bond donors (Lipinski definition) is 1. The maximum Gasteiger partial charge on any atom is 0.249 e. The molecule has 0 aromatic carbocycles. The summed E-state index contributed by atoms with van der Waals surface area (Å²) in [5.41, 5.74) is 0. The summed E-state index contributed by atoms with van der Waals surface area (Å²) in [6.07, 6.45) is 2.84. The zero-order valence-electron chi connectivity index (χ0n) is 7.88. The predicted octanol–water partition coefficient (Wildman–Crippen LogP) is 1.46. The van der Waals surface area contributed by atoms with Crippen molar-refractivity contribution in [3.8, 4) is 0 Å². The number of alkyl halides is 1. The average Bonchev–Trinajstić information content (AvgIpc) is 2.15. The van der Waals surface area contributed by atoms with Crippen molar-refractivity contribution in [2.24, 2.45) is 0 Å². The molecule has 0 aromatic rings. The van der Waals surface area contributed by atoms with Crippen LogP contribution in [0.4, 0.5) is 0 Å². The molecule has 1 amide bonds. The van der Waals surface area contributed by atoms with Crippen LogP contribution in [0.25, 0.3) is 0 Å². The number of halogens is 1. The highest BCUT2D eigenvalue weighted by Gasteiger charge is 2.21. The van der Waals surface area contributed by atoms with Crippen LogP contribution in [-0.2, 0) is 9.53 Å². The summed E-state index contributed by atoms with van der Waals surface area (Å²) in [5, 5.41) is 2.84. The molecule has 1 N–H and O–H groups in total. The van der Waals surface area contributed by atoms with Gasteiger partial charge in [-0.3, -0.25) is 4.79 Å². The molecular weight excluding hydrogens is 234 g/mol. The van der Waals surface area contributed by atoms with Gasteiger partial charge in [-0.05, 0) is 19.3 Å². The second-order valence-electron chi connectivity index (χ2n) is 3.38. The van der Waals surface area contributed by atoms with Crippen LogP contribution in [0.2, 0.25) is 0 Å². The van der Waals surface area contributed by atoms with Crippen molar-refractivity contribution in [1.29, 1.82) is 0 Å². The molecular formula is C9H16BrNO2. The van der Waals surface area contributed by atoms with E-state index in [0.717, 1.165) is 25.9 Å². The van der Waals surface area contributed by atoms with Gasteiger partial charge in [-0.1, -0.05) is 22.9 Å². The fourth-order valence-electron chi connectivity index (χ4n) is 1.30. The van der Waals surface area contributed by atoms with Gasteiger partial charge in [-0.15, -0.1) is 0 Å². The average molecular weight is 250 g/mol. The molecule has 2 unspecified atom stereocenters. The summed E-state index contributed by atoms with van der Waals surface area (Å²) in [5.74, 6) is 0.0333. The van der Waals surface area contributed by atoms with Crippen molar-refractivity contribution in [2.75, 3.05) is 13.2 Å². The first-order valence-corrected chi connectivity index (χ1v) is 5.65. The Morgan fingerprint density at radius 2 is 2.46 bits per heavy atom. The summed E-state index contributed by atoms with van der Waals surface area (Å²) < 4.78 is 5.34. The number of rotatable bonds is 3. The second kappa shape index (κ2) is 5.60. The van der Waals surface area contributed by atoms with Crippen molar-refractivity contribution in [3.63, 3.8) is 0 Å². The quantitative estimate of drug-likeness (QED) is 0.770. The van der Waals surface area contributed by atoms with Crippen molar-refractivity contribution < 1.29 is 9.53 Å².